The second-order valence-corrected chi connectivity index (χ2v) is 7.79. The first-order valence-corrected chi connectivity index (χ1v) is 10.8. The molecule has 190 valence electrons. The molecule has 0 saturated carbocycles. The van der Waals surface area contributed by atoms with Gasteiger partial charge in [-0.2, -0.15) is 0 Å². The van der Waals surface area contributed by atoms with Crippen molar-refractivity contribution in [1.82, 2.24) is 0 Å². The Kier molecular flexibility index (Phi) is 22.0. The van der Waals surface area contributed by atoms with Gasteiger partial charge < -0.3 is 29.7 Å². The van der Waals surface area contributed by atoms with E-state index in [1.54, 1.807) is 0 Å². The van der Waals surface area contributed by atoms with E-state index >= 15 is 0 Å². The SMILES string of the molecule is C1=C\CC/C(c2ccc(-c3ccc(/C4=C/CC/C=C\CC4)cc3)cc2)=C\CC/1.[CH3-].[CH3-].[CH3-].[CH3-].[Pt+2].[Pt+2]. The predicted molar refractivity (Wildman–Crippen MR) is 149 cm³/mol. The van der Waals surface area contributed by atoms with Crippen LogP contribution in [0.2, 0.25) is 0 Å². The second kappa shape index (κ2) is 20.0. The Hall–Kier alpha value is -1.22. The summed E-state index contributed by atoms with van der Waals surface area (Å²) in [5.74, 6) is 0. The van der Waals surface area contributed by atoms with Crippen LogP contribution in [0.4, 0.5) is 0 Å². The van der Waals surface area contributed by atoms with Gasteiger partial charge in [-0.15, -0.1) is 0 Å². The molecule has 0 aliphatic heterocycles. The van der Waals surface area contributed by atoms with Gasteiger partial charge in [-0.3, -0.25) is 0 Å². The van der Waals surface area contributed by atoms with E-state index in [0.717, 1.165) is 38.5 Å². The molecule has 0 spiro atoms. The maximum absolute atomic E-state index is 2.42. The third-order valence-corrected chi connectivity index (χ3v) is 5.79. The van der Waals surface area contributed by atoms with Crippen molar-refractivity contribution in [2.75, 3.05) is 0 Å². The summed E-state index contributed by atoms with van der Waals surface area (Å²) in [5, 5.41) is 0. The van der Waals surface area contributed by atoms with Crippen molar-refractivity contribution >= 4 is 11.1 Å². The Morgan fingerprint density at radius 2 is 0.647 bits per heavy atom. The zero-order chi connectivity index (χ0) is 19.0. The first kappa shape index (κ1) is 37.3. The Labute approximate surface area is 240 Å². The number of benzene rings is 2. The first-order valence-electron chi connectivity index (χ1n) is 10.8. The van der Waals surface area contributed by atoms with Crippen LogP contribution in [0.25, 0.3) is 22.3 Å². The van der Waals surface area contributed by atoms with E-state index in [1.165, 1.54) is 46.2 Å². The molecular formula is C32H42Pt2. The molecule has 2 aliphatic rings. The van der Waals surface area contributed by atoms with E-state index in [4.69, 9.17) is 0 Å². The summed E-state index contributed by atoms with van der Waals surface area (Å²) in [6.07, 6.45) is 23.4. The smallest absolute Gasteiger partial charge is 0.358 e. The molecule has 2 aromatic carbocycles. The zero-order valence-corrected chi connectivity index (χ0v) is 25.9. The summed E-state index contributed by atoms with van der Waals surface area (Å²) in [6, 6.07) is 18.3. The minimum absolute atomic E-state index is 0. The summed E-state index contributed by atoms with van der Waals surface area (Å²) < 4.78 is 0. The quantitative estimate of drug-likeness (QED) is 0.214. The van der Waals surface area contributed by atoms with E-state index in [2.05, 4.69) is 85.0 Å². The molecule has 2 aliphatic carbocycles. The van der Waals surface area contributed by atoms with Crippen LogP contribution < -0.4 is 0 Å². The molecule has 0 bridgehead atoms. The van der Waals surface area contributed by atoms with Crippen molar-refractivity contribution in [2.24, 2.45) is 0 Å². The third kappa shape index (κ3) is 10.6. The van der Waals surface area contributed by atoms with Gasteiger partial charge in [-0.05, 0) is 84.8 Å². The van der Waals surface area contributed by atoms with Gasteiger partial charge in [-0.1, -0.05) is 85.0 Å². The maximum Gasteiger partial charge on any atom is 2.00 e. The molecule has 0 saturated heterocycles. The molecule has 2 heteroatoms. The summed E-state index contributed by atoms with van der Waals surface area (Å²) in [4.78, 5) is 0. The van der Waals surface area contributed by atoms with Crippen LogP contribution in [-0.4, -0.2) is 0 Å². The number of rotatable bonds is 3. The van der Waals surface area contributed by atoms with Crippen molar-refractivity contribution in [3.05, 3.63) is 126 Å². The summed E-state index contributed by atoms with van der Waals surface area (Å²) in [5.41, 5.74) is 8.35. The van der Waals surface area contributed by atoms with Gasteiger partial charge >= 0.3 is 42.1 Å². The standard InChI is InChI=1S/C28H30.4CH3.2Pt/c1-3-7-11-23(12-8-4-1)25-15-19-27(20-16-25)28-21-17-26(18-22-28)24-13-9-5-2-6-10-14-24;;;;;;/h1-3,5,12,14-22H,4,6-11,13H2;4*1H3;;/q;4*-1;2*+2/b3-1-,5-2-,23-12+,24-14+;;;;;;. The van der Waals surface area contributed by atoms with Crippen LogP contribution in [0.1, 0.15) is 62.5 Å². The van der Waals surface area contributed by atoms with Crippen molar-refractivity contribution in [2.45, 2.75) is 51.4 Å². The summed E-state index contributed by atoms with van der Waals surface area (Å²) in [6.45, 7) is 0. The van der Waals surface area contributed by atoms with E-state index in [1.807, 2.05) is 0 Å². The van der Waals surface area contributed by atoms with Gasteiger partial charge in [0.15, 0.2) is 0 Å². The molecule has 0 aromatic heterocycles. The monoisotopic (exact) mass is 816 g/mol. The molecular weight excluding hydrogens is 775 g/mol. The van der Waals surface area contributed by atoms with E-state index in [0.29, 0.717) is 0 Å². The topological polar surface area (TPSA) is 0 Å². The van der Waals surface area contributed by atoms with Crippen LogP contribution in [0.5, 0.6) is 0 Å². The first-order chi connectivity index (χ1) is 13.9. The molecule has 4 rings (SSSR count). The van der Waals surface area contributed by atoms with Crippen LogP contribution in [0.15, 0.2) is 85.0 Å². The van der Waals surface area contributed by atoms with E-state index < -0.39 is 0 Å². The van der Waals surface area contributed by atoms with Crippen LogP contribution in [0.3, 0.4) is 0 Å². The van der Waals surface area contributed by atoms with Crippen molar-refractivity contribution in [3.8, 4) is 11.1 Å². The summed E-state index contributed by atoms with van der Waals surface area (Å²) in [7, 11) is 0. The molecule has 0 unspecified atom stereocenters. The zero-order valence-electron chi connectivity index (χ0n) is 21.4. The largest absolute Gasteiger partial charge is 2.00 e. The fraction of sp³-hybridized carbons (Fsp3) is 0.250. The second-order valence-electron chi connectivity index (χ2n) is 7.79. The Bertz CT molecular complexity index is 820. The minimum atomic E-state index is 0. The van der Waals surface area contributed by atoms with Gasteiger partial charge in [0.1, 0.15) is 0 Å². The fourth-order valence-corrected chi connectivity index (χ4v) is 4.14. The molecule has 2 aromatic rings. The number of allylic oxidation sites excluding steroid dienone is 8. The average Bonchev–Trinajstić information content (AvgIpc) is 2.68. The average molecular weight is 817 g/mol. The van der Waals surface area contributed by atoms with Gasteiger partial charge in [-0.25, -0.2) is 0 Å². The van der Waals surface area contributed by atoms with Crippen LogP contribution in [0, 0.1) is 29.7 Å². The van der Waals surface area contributed by atoms with E-state index in [-0.39, 0.29) is 71.8 Å². The molecule has 0 heterocycles. The number of hydrogen-bond donors (Lipinski definition) is 0. The molecule has 0 nitrogen and oxygen atoms in total. The van der Waals surface area contributed by atoms with Gasteiger partial charge in [0.25, 0.3) is 0 Å². The molecule has 0 radical (unpaired) electrons. The summed E-state index contributed by atoms with van der Waals surface area (Å²) >= 11 is 0. The Balaban J connectivity index is -0.00000160. The molecule has 0 fully saturated rings. The predicted octanol–water partition coefficient (Wildman–Crippen LogP) is 10.2. The third-order valence-electron chi connectivity index (χ3n) is 5.79. The van der Waals surface area contributed by atoms with Crippen molar-refractivity contribution in [3.63, 3.8) is 0 Å². The van der Waals surface area contributed by atoms with Crippen LogP contribution in [-0.2, 0) is 42.1 Å². The molecule has 34 heavy (non-hydrogen) atoms. The van der Waals surface area contributed by atoms with E-state index in [9.17, 15) is 0 Å². The van der Waals surface area contributed by atoms with Crippen molar-refractivity contribution < 1.29 is 42.1 Å². The van der Waals surface area contributed by atoms with Gasteiger partial charge in [0, 0.05) is 0 Å². The van der Waals surface area contributed by atoms with Crippen molar-refractivity contribution in [1.29, 1.82) is 0 Å². The molecule has 0 N–H and O–H groups in total. The minimum Gasteiger partial charge on any atom is -0.358 e. The Morgan fingerprint density at radius 3 is 1.00 bits per heavy atom. The Morgan fingerprint density at radius 1 is 0.353 bits per heavy atom. The van der Waals surface area contributed by atoms with Gasteiger partial charge in [0.2, 0.25) is 0 Å². The molecule has 0 amide bonds. The maximum atomic E-state index is 2.42. The van der Waals surface area contributed by atoms with Crippen LogP contribution >= 0.6 is 0 Å². The normalized spacial score (nSPS) is 19.5. The number of hydrogen-bond acceptors (Lipinski definition) is 0. The fourth-order valence-electron chi connectivity index (χ4n) is 4.14. The van der Waals surface area contributed by atoms with Gasteiger partial charge in [0.05, 0.1) is 0 Å². The molecule has 0 atom stereocenters.